The largest absolute Gasteiger partial charge is 0.325 e. The molecule has 0 spiro atoms. The molecule has 1 atom stereocenters. The van der Waals surface area contributed by atoms with Crippen molar-refractivity contribution in [3.8, 4) is 11.4 Å². The molecule has 0 saturated carbocycles. The quantitative estimate of drug-likeness (QED) is 0.419. The maximum Gasteiger partial charge on any atom is 0.237 e. The van der Waals surface area contributed by atoms with Crippen LogP contribution in [0.3, 0.4) is 0 Å². The van der Waals surface area contributed by atoms with Crippen LogP contribution >= 0.6 is 11.8 Å². The fraction of sp³-hybridized carbons (Fsp3) is 0.208. The van der Waals surface area contributed by atoms with Crippen LogP contribution in [0.2, 0.25) is 0 Å². The van der Waals surface area contributed by atoms with E-state index in [0.29, 0.717) is 0 Å². The summed E-state index contributed by atoms with van der Waals surface area (Å²) in [6.07, 6.45) is 0. The molecule has 0 aliphatic rings. The van der Waals surface area contributed by atoms with Gasteiger partial charge in [0.25, 0.3) is 0 Å². The number of aryl methyl sites for hydroxylation is 1. The fourth-order valence-electron chi connectivity index (χ4n) is 3.44. The van der Waals surface area contributed by atoms with E-state index in [-0.39, 0.29) is 11.2 Å². The molecule has 0 aliphatic carbocycles. The van der Waals surface area contributed by atoms with E-state index in [1.165, 1.54) is 17.3 Å². The molecule has 4 aromatic rings. The normalized spacial score (nSPS) is 12.1. The second-order valence-corrected chi connectivity index (χ2v) is 8.50. The highest BCUT2D eigenvalue weighted by Gasteiger charge is 2.21. The van der Waals surface area contributed by atoms with Crippen LogP contribution in [0.4, 0.5) is 5.69 Å². The Labute approximate surface area is 180 Å². The average Bonchev–Trinajstić information content (AvgIpc) is 3.16. The molecule has 1 heterocycles. The van der Waals surface area contributed by atoms with Crippen LogP contribution in [0.5, 0.6) is 0 Å². The molecular formula is C24H24N4OS. The van der Waals surface area contributed by atoms with E-state index in [9.17, 15) is 4.79 Å². The Morgan fingerprint density at radius 2 is 1.83 bits per heavy atom. The van der Waals surface area contributed by atoms with Gasteiger partial charge in [0, 0.05) is 23.2 Å². The van der Waals surface area contributed by atoms with E-state index < -0.39 is 0 Å². The zero-order chi connectivity index (χ0) is 21.1. The van der Waals surface area contributed by atoms with E-state index in [1.807, 2.05) is 61.5 Å². The maximum absolute atomic E-state index is 12.9. The van der Waals surface area contributed by atoms with Crippen LogP contribution in [-0.2, 0) is 11.3 Å². The van der Waals surface area contributed by atoms with Crippen LogP contribution in [0.25, 0.3) is 22.2 Å². The Bertz CT molecular complexity index is 1200. The number of hydrogen-bond acceptors (Lipinski definition) is 4. The molecule has 1 N–H and O–H groups in total. The van der Waals surface area contributed by atoms with Crippen LogP contribution in [-0.4, -0.2) is 25.9 Å². The Kier molecular flexibility index (Phi) is 5.86. The fourth-order valence-corrected chi connectivity index (χ4v) is 4.35. The molecule has 152 valence electrons. The van der Waals surface area contributed by atoms with Gasteiger partial charge in [0.1, 0.15) is 0 Å². The third-order valence-electron chi connectivity index (χ3n) is 5.01. The first-order chi connectivity index (χ1) is 14.6. The summed E-state index contributed by atoms with van der Waals surface area (Å²) in [6.45, 7) is 6.75. The van der Waals surface area contributed by atoms with Crippen molar-refractivity contribution in [2.24, 2.45) is 0 Å². The molecular weight excluding hydrogens is 392 g/mol. The first-order valence-electron chi connectivity index (χ1n) is 10.0. The number of carbonyl (C=O) groups is 1. The van der Waals surface area contributed by atoms with E-state index in [2.05, 4.69) is 46.1 Å². The summed E-state index contributed by atoms with van der Waals surface area (Å²) in [7, 11) is 0. The number of rotatable bonds is 6. The molecule has 5 nitrogen and oxygen atoms in total. The lowest BCUT2D eigenvalue weighted by Gasteiger charge is -2.14. The summed E-state index contributed by atoms with van der Waals surface area (Å²) in [5.41, 5.74) is 3.03. The highest BCUT2D eigenvalue weighted by atomic mass is 32.2. The molecule has 0 unspecified atom stereocenters. The number of nitrogens with one attached hydrogen (secondary N) is 1. The molecule has 0 saturated heterocycles. The Balaban J connectivity index is 1.53. The number of nitrogens with zero attached hydrogens (tertiary/aromatic N) is 3. The van der Waals surface area contributed by atoms with Gasteiger partial charge < -0.3 is 9.88 Å². The first-order valence-corrected chi connectivity index (χ1v) is 10.9. The van der Waals surface area contributed by atoms with Crippen LogP contribution in [0.1, 0.15) is 19.4 Å². The lowest BCUT2D eigenvalue weighted by Crippen LogP contribution is -2.23. The molecule has 4 rings (SSSR count). The summed E-state index contributed by atoms with van der Waals surface area (Å²) in [4.78, 5) is 12.9. The number of aromatic nitrogens is 3. The van der Waals surface area contributed by atoms with Gasteiger partial charge in [-0.15, -0.1) is 10.2 Å². The summed E-state index contributed by atoms with van der Waals surface area (Å²) < 4.78 is 2.06. The smallest absolute Gasteiger partial charge is 0.237 e. The van der Waals surface area contributed by atoms with Crippen molar-refractivity contribution in [3.63, 3.8) is 0 Å². The maximum atomic E-state index is 12.9. The zero-order valence-electron chi connectivity index (χ0n) is 17.3. The molecule has 0 aliphatic heterocycles. The van der Waals surface area contributed by atoms with Crippen LogP contribution < -0.4 is 5.32 Å². The summed E-state index contributed by atoms with van der Waals surface area (Å²) in [6, 6.07) is 22.2. The van der Waals surface area contributed by atoms with Gasteiger partial charge >= 0.3 is 0 Å². The lowest BCUT2D eigenvalue weighted by molar-refractivity contribution is -0.115. The number of amides is 1. The minimum absolute atomic E-state index is 0.0564. The third-order valence-corrected chi connectivity index (χ3v) is 6.09. The van der Waals surface area contributed by atoms with E-state index in [1.54, 1.807) is 0 Å². The molecule has 1 amide bonds. The van der Waals surface area contributed by atoms with Crippen LogP contribution in [0, 0.1) is 6.92 Å². The summed E-state index contributed by atoms with van der Waals surface area (Å²) in [5.74, 6) is 0.768. The molecule has 0 fully saturated rings. The van der Waals surface area contributed by atoms with Crippen molar-refractivity contribution in [1.82, 2.24) is 14.8 Å². The number of thioether (sulfide) groups is 1. The number of hydrogen-bond donors (Lipinski definition) is 1. The number of carbonyl (C=O) groups excluding carboxylic acids is 1. The van der Waals surface area contributed by atoms with Gasteiger partial charge in [-0.1, -0.05) is 71.9 Å². The van der Waals surface area contributed by atoms with Crippen molar-refractivity contribution in [2.75, 3.05) is 5.32 Å². The Morgan fingerprint density at radius 3 is 2.63 bits per heavy atom. The van der Waals surface area contributed by atoms with Gasteiger partial charge in [-0.25, -0.2) is 0 Å². The zero-order valence-corrected chi connectivity index (χ0v) is 18.1. The monoisotopic (exact) mass is 416 g/mol. The lowest BCUT2D eigenvalue weighted by atomic mass is 10.1. The predicted molar refractivity (Wildman–Crippen MR) is 124 cm³/mol. The van der Waals surface area contributed by atoms with Gasteiger partial charge in [-0.3, -0.25) is 4.79 Å². The highest BCUT2D eigenvalue weighted by molar-refractivity contribution is 8.00. The Hall–Kier alpha value is -3.12. The number of benzene rings is 3. The standard InChI is InChI=1S/C24H24N4OS/c1-4-28-22(19-12-7-9-16(2)15-19)26-27-24(28)30-17(3)23(29)25-21-14-8-11-18-10-5-6-13-20(18)21/h5-15,17H,4H2,1-3H3,(H,25,29)/t17-/m0/s1. The first kappa shape index (κ1) is 20.2. The highest BCUT2D eigenvalue weighted by Crippen LogP contribution is 2.29. The van der Waals surface area contributed by atoms with Crippen LogP contribution in [0.15, 0.2) is 71.9 Å². The van der Waals surface area contributed by atoms with Crippen molar-refractivity contribution >= 4 is 34.1 Å². The molecule has 0 radical (unpaired) electrons. The second-order valence-electron chi connectivity index (χ2n) is 7.20. The third kappa shape index (κ3) is 4.09. The summed E-state index contributed by atoms with van der Waals surface area (Å²) in [5, 5.41) is 14.4. The molecule has 1 aromatic heterocycles. The number of anilines is 1. The number of fused-ring (bicyclic) bond motifs is 1. The van der Waals surface area contributed by atoms with Gasteiger partial charge in [0.2, 0.25) is 5.91 Å². The second kappa shape index (κ2) is 8.71. The van der Waals surface area contributed by atoms with E-state index in [4.69, 9.17) is 0 Å². The van der Waals surface area contributed by atoms with Crippen molar-refractivity contribution in [1.29, 1.82) is 0 Å². The van der Waals surface area contributed by atoms with Gasteiger partial charge in [-0.2, -0.15) is 0 Å². The van der Waals surface area contributed by atoms with Gasteiger partial charge in [-0.05, 0) is 38.3 Å². The molecule has 30 heavy (non-hydrogen) atoms. The van der Waals surface area contributed by atoms with Gasteiger partial charge in [0.15, 0.2) is 11.0 Å². The van der Waals surface area contributed by atoms with E-state index >= 15 is 0 Å². The van der Waals surface area contributed by atoms with Gasteiger partial charge in [0.05, 0.1) is 5.25 Å². The van der Waals surface area contributed by atoms with Crippen molar-refractivity contribution in [2.45, 2.75) is 37.7 Å². The minimum atomic E-state index is -0.316. The minimum Gasteiger partial charge on any atom is -0.325 e. The summed E-state index contributed by atoms with van der Waals surface area (Å²) >= 11 is 1.42. The Morgan fingerprint density at radius 1 is 1.07 bits per heavy atom. The van der Waals surface area contributed by atoms with Crippen molar-refractivity contribution < 1.29 is 4.79 Å². The topological polar surface area (TPSA) is 59.8 Å². The molecule has 6 heteroatoms. The SMILES string of the molecule is CCn1c(S[C@@H](C)C(=O)Nc2cccc3ccccc23)nnc1-c1cccc(C)c1. The molecule has 3 aromatic carbocycles. The van der Waals surface area contributed by atoms with Crippen molar-refractivity contribution in [3.05, 3.63) is 72.3 Å². The molecule has 0 bridgehead atoms. The average molecular weight is 417 g/mol. The van der Waals surface area contributed by atoms with E-state index in [0.717, 1.165) is 39.5 Å². The predicted octanol–water partition coefficient (Wildman–Crippen LogP) is 5.55.